The molecule has 0 bridgehead atoms. The highest BCUT2D eigenvalue weighted by molar-refractivity contribution is 5.60. The zero-order valence-electron chi connectivity index (χ0n) is 11.6. The maximum atomic E-state index is 5.84. The minimum absolute atomic E-state index is 0.553. The lowest BCUT2D eigenvalue weighted by molar-refractivity contribution is 0.284. The van der Waals surface area contributed by atoms with Crippen molar-refractivity contribution in [1.29, 1.82) is 0 Å². The molecule has 0 aliphatic heterocycles. The van der Waals surface area contributed by atoms with Gasteiger partial charge in [-0.1, -0.05) is 48.0 Å². The minimum Gasteiger partial charge on any atom is -0.493 e. The van der Waals surface area contributed by atoms with Crippen molar-refractivity contribution in [2.24, 2.45) is 0 Å². The molecule has 0 N–H and O–H groups in total. The van der Waals surface area contributed by atoms with Gasteiger partial charge in [0.05, 0.1) is 7.11 Å². The Morgan fingerprint density at radius 1 is 1.00 bits per heavy atom. The molecule has 20 heavy (non-hydrogen) atoms. The molecule has 0 unspecified atom stereocenters. The Morgan fingerprint density at radius 2 is 1.80 bits per heavy atom. The number of hydrogen-bond acceptors (Lipinski definition) is 2. The molecule has 1 aliphatic carbocycles. The third-order valence-corrected chi connectivity index (χ3v) is 3.33. The highest BCUT2D eigenvalue weighted by atomic mass is 16.5. The second kappa shape index (κ2) is 5.83. The number of methoxy groups -OCH3 is 1. The van der Waals surface area contributed by atoms with E-state index in [0.29, 0.717) is 6.61 Å². The molecule has 1 saturated carbocycles. The standard InChI is InChI=1S/C18H18O2/c1-19-18-12-16(11-14-7-8-14)9-10-17(18)20-13-15-5-3-2-4-6-15/h2-6,9-12H,7-8,13H2,1H3. The molecule has 1 aliphatic rings. The Balaban J connectivity index is 1.73. The van der Waals surface area contributed by atoms with Gasteiger partial charge in [0.15, 0.2) is 11.5 Å². The van der Waals surface area contributed by atoms with E-state index < -0.39 is 0 Å². The van der Waals surface area contributed by atoms with Crippen LogP contribution >= 0.6 is 0 Å². The van der Waals surface area contributed by atoms with Crippen LogP contribution < -0.4 is 9.47 Å². The van der Waals surface area contributed by atoms with Crippen LogP contribution in [0.1, 0.15) is 24.0 Å². The van der Waals surface area contributed by atoms with E-state index in [-0.39, 0.29) is 0 Å². The van der Waals surface area contributed by atoms with E-state index in [0.717, 1.165) is 17.1 Å². The molecule has 0 aromatic heterocycles. The van der Waals surface area contributed by atoms with Crippen molar-refractivity contribution in [3.05, 3.63) is 65.2 Å². The highest BCUT2D eigenvalue weighted by Crippen LogP contribution is 2.33. The summed E-state index contributed by atoms with van der Waals surface area (Å²) in [7, 11) is 1.68. The van der Waals surface area contributed by atoms with Gasteiger partial charge in [-0.15, -0.1) is 0 Å². The Morgan fingerprint density at radius 3 is 2.50 bits per heavy atom. The Hall–Kier alpha value is -2.22. The number of allylic oxidation sites excluding steroid dienone is 1. The molecular formula is C18H18O2. The molecule has 0 heterocycles. The first kappa shape index (κ1) is 12.8. The summed E-state index contributed by atoms with van der Waals surface area (Å²) >= 11 is 0. The zero-order chi connectivity index (χ0) is 13.8. The van der Waals surface area contributed by atoms with Gasteiger partial charge in [-0.25, -0.2) is 0 Å². The highest BCUT2D eigenvalue weighted by Gasteiger charge is 2.11. The van der Waals surface area contributed by atoms with Gasteiger partial charge in [0.1, 0.15) is 6.61 Å². The average Bonchev–Trinajstić information content (AvgIpc) is 3.31. The van der Waals surface area contributed by atoms with Crippen molar-refractivity contribution in [3.8, 4) is 11.5 Å². The maximum absolute atomic E-state index is 5.84. The second-order valence-electron chi connectivity index (χ2n) is 4.99. The van der Waals surface area contributed by atoms with Gasteiger partial charge in [0, 0.05) is 0 Å². The van der Waals surface area contributed by atoms with Gasteiger partial charge in [0.2, 0.25) is 0 Å². The van der Waals surface area contributed by atoms with Gasteiger partial charge in [-0.2, -0.15) is 0 Å². The van der Waals surface area contributed by atoms with Crippen molar-refractivity contribution < 1.29 is 9.47 Å². The second-order valence-corrected chi connectivity index (χ2v) is 4.99. The zero-order valence-corrected chi connectivity index (χ0v) is 11.6. The SMILES string of the molecule is COc1cc(C=C2CC2)ccc1OCc1ccccc1. The van der Waals surface area contributed by atoms with E-state index in [9.17, 15) is 0 Å². The van der Waals surface area contributed by atoms with Gasteiger partial charge < -0.3 is 9.47 Å². The molecule has 0 amide bonds. The monoisotopic (exact) mass is 266 g/mol. The van der Waals surface area contributed by atoms with Crippen molar-refractivity contribution >= 4 is 6.08 Å². The van der Waals surface area contributed by atoms with Gasteiger partial charge in [-0.3, -0.25) is 0 Å². The van der Waals surface area contributed by atoms with Crippen molar-refractivity contribution in [2.75, 3.05) is 7.11 Å². The first-order valence-corrected chi connectivity index (χ1v) is 6.89. The van der Waals surface area contributed by atoms with Crippen molar-refractivity contribution in [1.82, 2.24) is 0 Å². The van der Waals surface area contributed by atoms with E-state index in [1.807, 2.05) is 30.3 Å². The summed E-state index contributed by atoms with van der Waals surface area (Å²) in [6.07, 6.45) is 4.69. The van der Waals surface area contributed by atoms with Crippen LogP contribution in [0.4, 0.5) is 0 Å². The van der Waals surface area contributed by atoms with Gasteiger partial charge in [0.25, 0.3) is 0 Å². The lowest BCUT2D eigenvalue weighted by atomic mass is 10.2. The molecule has 2 heteroatoms. The van der Waals surface area contributed by atoms with Crippen LogP contribution in [0, 0.1) is 0 Å². The van der Waals surface area contributed by atoms with Crippen LogP contribution in [0.25, 0.3) is 6.08 Å². The summed E-state index contributed by atoms with van der Waals surface area (Å²) in [5, 5.41) is 0. The molecule has 1 fully saturated rings. The Labute approximate surface area is 119 Å². The summed E-state index contributed by atoms with van der Waals surface area (Å²) in [4.78, 5) is 0. The number of hydrogen-bond donors (Lipinski definition) is 0. The fourth-order valence-electron chi connectivity index (χ4n) is 2.08. The van der Waals surface area contributed by atoms with E-state index >= 15 is 0 Å². The quantitative estimate of drug-likeness (QED) is 0.796. The van der Waals surface area contributed by atoms with E-state index in [2.05, 4.69) is 24.3 Å². The molecule has 2 aromatic rings. The molecule has 0 saturated heterocycles. The number of benzene rings is 2. The molecule has 102 valence electrons. The Bertz CT molecular complexity index is 609. The largest absolute Gasteiger partial charge is 0.493 e. The summed E-state index contributed by atoms with van der Waals surface area (Å²) in [6, 6.07) is 16.2. The summed E-state index contributed by atoms with van der Waals surface area (Å²) in [5.74, 6) is 1.57. The summed E-state index contributed by atoms with van der Waals surface area (Å²) < 4.78 is 11.3. The molecule has 0 spiro atoms. The lowest BCUT2D eigenvalue weighted by Gasteiger charge is -2.11. The topological polar surface area (TPSA) is 18.5 Å². The third-order valence-electron chi connectivity index (χ3n) is 3.33. The van der Waals surface area contributed by atoms with Crippen molar-refractivity contribution in [2.45, 2.75) is 19.4 Å². The minimum atomic E-state index is 0.553. The lowest BCUT2D eigenvalue weighted by Crippen LogP contribution is -1.97. The molecular weight excluding hydrogens is 248 g/mol. The average molecular weight is 266 g/mol. The van der Waals surface area contributed by atoms with Crippen LogP contribution in [0.5, 0.6) is 11.5 Å². The fraction of sp³-hybridized carbons (Fsp3) is 0.222. The first-order chi connectivity index (χ1) is 9.85. The predicted octanol–water partition coefficient (Wildman–Crippen LogP) is 4.45. The van der Waals surface area contributed by atoms with Crippen molar-refractivity contribution in [3.63, 3.8) is 0 Å². The molecule has 3 rings (SSSR count). The molecule has 2 nitrogen and oxygen atoms in total. The van der Waals surface area contributed by atoms with Crippen LogP contribution in [0.3, 0.4) is 0 Å². The van der Waals surface area contributed by atoms with E-state index in [4.69, 9.17) is 9.47 Å². The summed E-state index contributed by atoms with van der Waals surface area (Å²) in [6.45, 7) is 0.553. The fourth-order valence-corrected chi connectivity index (χ4v) is 2.08. The van der Waals surface area contributed by atoms with Gasteiger partial charge in [-0.05, 0) is 36.1 Å². The Kier molecular flexibility index (Phi) is 3.73. The molecule has 0 radical (unpaired) electrons. The van der Waals surface area contributed by atoms with Crippen LogP contribution in [0.15, 0.2) is 54.1 Å². The first-order valence-electron chi connectivity index (χ1n) is 6.89. The smallest absolute Gasteiger partial charge is 0.161 e. The third kappa shape index (κ3) is 3.21. The predicted molar refractivity (Wildman–Crippen MR) is 81.0 cm³/mol. The number of rotatable bonds is 5. The van der Waals surface area contributed by atoms with Crippen LogP contribution in [0.2, 0.25) is 0 Å². The molecule has 0 atom stereocenters. The summed E-state index contributed by atoms with van der Waals surface area (Å²) in [5.41, 5.74) is 3.84. The van der Waals surface area contributed by atoms with Crippen LogP contribution in [-0.2, 0) is 6.61 Å². The van der Waals surface area contributed by atoms with E-state index in [1.165, 1.54) is 24.0 Å². The normalized spacial score (nSPS) is 12.9. The molecule has 2 aromatic carbocycles. The number of ether oxygens (including phenoxy) is 2. The van der Waals surface area contributed by atoms with E-state index in [1.54, 1.807) is 7.11 Å². The maximum Gasteiger partial charge on any atom is 0.161 e. The van der Waals surface area contributed by atoms with Gasteiger partial charge >= 0.3 is 0 Å². The van der Waals surface area contributed by atoms with Crippen LogP contribution in [-0.4, -0.2) is 7.11 Å².